The van der Waals surface area contributed by atoms with Crippen molar-refractivity contribution in [2.24, 2.45) is 0 Å². The van der Waals surface area contributed by atoms with Gasteiger partial charge in [-0.05, 0) is 37.8 Å². The van der Waals surface area contributed by atoms with Crippen LogP contribution in [0.15, 0.2) is 30.5 Å². The summed E-state index contributed by atoms with van der Waals surface area (Å²) in [5.74, 6) is 0.713. The van der Waals surface area contributed by atoms with E-state index in [2.05, 4.69) is 11.1 Å². The second kappa shape index (κ2) is 5.92. The van der Waals surface area contributed by atoms with Crippen molar-refractivity contribution >= 4 is 10.9 Å². The highest BCUT2D eigenvalue weighted by Gasteiger charge is 2.17. The van der Waals surface area contributed by atoms with Gasteiger partial charge in [-0.2, -0.15) is 5.26 Å². The molecule has 3 heteroatoms. The molecular weight excluding hydrogens is 248 g/mol. The molecule has 20 heavy (non-hydrogen) atoms. The van der Waals surface area contributed by atoms with Crippen molar-refractivity contribution in [1.82, 2.24) is 4.98 Å². The van der Waals surface area contributed by atoms with E-state index in [1.165, 1.54) is 25.7 Å². The van der Waals surface area contributed by atoms with E-state index in [9.17, 15) is 5.26 Å². The number of nitriles is 1. The molecule has 1 fully saturated rings. The standard InChI is InChI=1S/C17H18N2O/c18-11-13-12-19-16-10-6-5-9-15(16)17(13)20-14-7-3-1-2-4-8-14/h5-6,9-10,12,14H,1-4,7-8H2. The van der Waals surface area contributed by atoms with Crippen molar-refractivity contribution in [3.63, 3.8) is 0 Å². The van der Waals surface area contributed by atoms with Crippen LogP contribution in [0.1, 0.15) is 44.1 Å². The van der Waals surface area contributed by atoms with Gasteiger partial charge >= 0.3 is 0 Å². The van der Waals surface area contributed by atoms with E-state index in [1.807, 2.05) is 24.3 Å². The molecule has 1 saturated carbocycles. The van der Waals surface area contributed by atoms with E-state index in [-0.39, 0.29) is 6.10 Å². The smallest absolute Gasteiger partial charge is 0.148 e. The van der Waals surface area contributed by atoms with Crippen molar-refractivity contribution in [3.8, 4) is 11.8 Å². The Balaban J connectivity index is 1.98. The van der Waals surface area contributed by atoms with Gasteiger partial charge in [0.05, 0.1) is 11.6 Å². The van der Waals surface area contributed by atoms with Crippen LogP contribution in [0.2, 0.25) is 0 Å². The highest BCUT2D eigenvalue weighted by Crippen LogP contribution is 2.31. The molecule has 0 unspecified atom stereocenters. The molecule has 1 aromatic heterocycles. The van der Waals surface area contributed by atoms with E-state index >= 15 is 0 Å². The lowest BCUT2D eigenvalue weighted by Gasteiger charge is -2.19. The third kappa shape index (κ3) is 2.60. The molecule has 0 aliphatic heterocycles. The Labute approximate surface area is 119 Å². The van der Waals surface area contributed by atoms with Gasteiger partial charge in [-0.25, -0.2) is 0 Å². The highest BCUT2D eigenvalue weighted by molar-refractivity contribution is 5.87. The number of aromatic nitrogens is 1. The van der Waals surface area contributed by atoms with Crippen LogP contribution in [0, 0.1) is 11.3 Å². The van der Waals surface area contributed by atoms with Crippen LogP contribution in [0.3, 0.4) is 0 Å². The fourth-order valence-electron chi connectivity index (χ4n) is 2.85. The zero-order valence-corrected chi connectivity index (χ0v) is 11.5. The van der Waals surface area contributed by atoms with Gasteiger partial charge in [0.25, 0.3) is 0 Å². The number of para-hydroxylation sites is 1. The first-order valence-electron chi connectivity index (χ1n) is 7.33. The molecule has 3 nitrogen and oxygen atoms in total. The fraction of sp³-hybridized carbons (Fsp3) is 0.412. The van der Waals surface area contributed by atoms with E-state index in [4.69, 9.17) is 4.74 Å². The zero-order chi connectivity index (χ0) is 13.8. The van der Waals surface area contributed by atoms with Gasteiger partial charge in [-0.1, -0.05) is 25.0 Å². The molecular formula is C17H18N2O. The van der Waals surface area contributed by atoms with Gasteiger partial charge in [0.15, 0.2) is 0 Å². The van der Waals surface area contributed by atoms with E-state index < -0.39 is 0 Å². The molecule has 102 valence electrons. The minimum atomic E-state index is 0.232. The Morgan fingerprint density at radius 3 is 2.60 bits per heavy atom. The predicted octanol–water partition coefficient (Wildman–Crippen LogP) is 4.21. The first-order valence-corrected chi connectivity index (χ1v) is 7.33. The Bertz CT molecular complexity index is 637. The maximum Gasteiger partial charge on any atom is 0.148 e. The molecule has 1 aliphatic rings. The number of rotatable bonds is 2. The number of ether oxygens (including phenoxy) is 1. The van der Waals surface area contributed by atoms with Gasteiger partial charge in [0, 0.05) is 11.6 Å². The molecule has 0 radical (unpaired) electrons. The largest absolute Gasteiger partial charge is 0.488 e. The summed E-state index contributed by atoms with van der Waals surface area (Å²) < 4.78 is 6.21. The van der Waals surface area contributed by atoms with Crippen LogP contribution in [0.4, 0.5) is 0 Å². The second-order valence-electron chi connectivity index (χ2n) is 5.36. The number of nitrogens with zero attached hydrogens (tertiary/aromatic N) is 2. The van der Waals surface area contributed by atoms with Crippen LogP contribution in [-0.2, 0) is 0 Å². The predicted molar refractivity (Wildman–Crippen MR) is 78.6 cm³/mol. The summed E-state index contributed by atoms with van der Waals surface area (Å²) in [6.45, 7) is 0. The quantitative estimate of drug-likeness (QED) is 0.765. The zero-order valence-electron chi connectivity index (χ0n) is 11.5. The summed E-state index contributed by atoms with van der Waals surface area (Å²) in [5, 5.41) is 10.2. The minimum Gasteiger partial charge on any atom is -0.488 e. The monoisotopic (exact) mass is 266 g/mol. The average Bonchev–Trinajstić information content (AvgIpc) is 2.76. The Morgan fingerprint density at radius 2 is 1.85 bits per heavy atom. The topological polar surface area (TPSA) is 45.9 Å². The molecule has 1 aromatic carbocycles. The number of pyridine rings is 1. The molecule has 1 aliphatic carbocycles. The van der Waals surface area contributed by atoms with Crippen molar-refractivity contribution in [1.29, 1.82) is 5.26 Å². The molecule has 0 spiro atoms. The molecule has 1 heterocycles. The maximum absolute atomic E-state index is 9.29. The van der Waals surface area contributed by atoms with E-state index in [1.54, 1.807) is 6.20 Å². The fourth-order valence-corrected chi connectivity index (χ4v) is 2.85. The summed E-state index contributed by atoms with van der Waals surface area (Å²) in [6, 6.07) is 10.1. The Hall–Kier alpha value is -2.08. The lowest BCUT2D eigenvalue weighted by Crippen LogP contribution is -2.16. The number of benzene rings is 1. The van der Waals surface area contributed by atoms with Crippen LogP contribution in [0.5, 0.6) is 5.75 Å². The normalized spacial score (nSPS) is 16.6. The van der Waals surface area contributed by atoms with Gasteiger partial charge < -0.3 is 4.74 Å². The minimum absolute atomic E-state index is 0.232. The molecule has 0 amide bonds. The van der Waals surface area contributed by atoms with Gasteiger partial charge in [-0.15, -0.1) is 0 Å². The van der Waals surface area contributed by atoms with Gasteiger partial charge in [-0.3, -0.25) is 4.98 Å². The van der Waals surface area contributed by atoms with Crippen LogP contribution in [-0.4, -0.2) is 11.1 Å². The molecule has 0 atom stereocenters. The van der Waals surface area contributed by atoms with E-state index in [0.717, 1.165) is 23.7 Å². The highest BCUT2D eigenvalue weighted by atomic mass is 16.5. The van der Waals surface area contributed by atoms with Gasteiger partial charge in [0.2, 0.25) is 0 Å². The van der Waals surface area contributed by atoms with Gasteiger partial charge in [0.1, 0.15) is 17.4 Å². The lowest BCUT2D eigenvalue weighted by molar-refractivity contribution is 0.185. The van der Waals surface area contributed by atoms with Crippen molar-refractivity contribution in [2.45, 2.75) is 44.6 Å². The first-order chi connectivity index (χ1) is 9.88. The summed E-state index contributed by atoms with van der Waals surface area (Å²) in [5.41, 5.74) is 1.42. The summed E-state index contributed by atoms with van der Waals surface area (Å²) in [7, 11) is 0. The summed E-state index contributed by atoms with van der Waals surface area (Å²) in [4.78, 5) is 4.32. The van der Waals surface area contributed by atoms with Crippen LogP contribution in [0.25, 0.3) is 10.9 Å². The SMILES string of the molecule is N#Cc1cnc2ccccc2c1OC1CCCCCC1. The molecule has 0 bridgehead atoms. The van der Waals surface area contributed by atoms with E-state index in [0.29, 0.717) is 11.3 Å². The molecule has 2 aromatic rings. The Kier molecular flexibility index (Phi) is 3.83. The number of hydrogen-bond acceptors (Lipinski definition) is 3. The van der Waals surface area contributed by atoms with Crippen LogP contribution >= 0.6 is 0 Å². The van der Waals surface area contributed by atoms with Crippen LogP contribution < -0.4 is 4.74 Å². The maximum atomic E-state index is 9.29. The average molecular weight is 266 g/mol. The lowest BCUT2D eigenvalue weighted by atomic mass is 10.1. The number of fused-ring (bicyclic) bond motifs is 1. The molecule has 3 rings (SSSR count). The first kappa shape index (κ1) is 12.9. The van der Waals surface area contributed by atoms with Crippen molar-refractivity contribution in [2.75, 3.05) is 0 Å². The molecule has 0 saturated heterocycles. The number of hydrogen-bond donors (Lipinski definition) is 0. The second-order valence-corrected chi connectivity index (χ2v) is 5.36. The molecule has 0 N–H and O–H groups in total. The van der Waals surface area contributed by atoms with Crippen molar-refractivity contribution in [3.05, 3.63) is 36.0 Å². The van der Waals surface area contributed by atoms with Crippen molar-refractivity contribution < 1.29 is 4.74 Å². The summed E-state index contributed by atoms with van der Waals surface area (Å²) >= 11 is 0. The summed E-state index contributed by atoms with van der Waals surface area (Å²) in [6.07, 6.45) is 9.04. The third-order valence-electron chi connectivity index (χ3n) is 3.93. The third-order valence-corrected chi connectivity index (χ3v) is 3.93. The Morgan fingerprint density at radius 1 is 1.10 bits per heavy atom.